The van der Waals surface area contributed by atoms with Crippen molar-refractivity contribution in [3.63, 3.8) is 0 Å². The van der Waals surface area contributed by atoms with E-state index in [0.29, 0.717) is 18.0 Å². The van der Waals surface area contributed by atoms with Crippen LogP contribution in [0.2, 0.25) is 5.02 Å². The lowest BCUT2D eigenvalue weighted by Crippen LogP contribution is -2.43. The van der Waals surface area contributed by atoms with Crippen LogP contribution in [-0.4, -0.2) is 30.2 Å². The molecule has 5 nitrogen and oxygen atoms in total. The molecule has 2 rings (SSSR count). The third kappa shape index (κ3) is 4.11. The van der Waals surface area contributed by atoms with Gasteiger partial charge < -0.3 is 15.0 Å². The van der Waals surface area contributed by atoms with Crippen LogP contribution in [0.1, 0.15) is 27.2 Å². The molecule has 0 aliphatic carbocycles. The first-order valence-electron chi connectivity index (χ1n) is 6.83. The fraction of sp³-hybridized carbons (Fsp3) is 0.467. The largest absolute Gasteiger partial charge is 0.444 e. The van der Waals surface area contributed by atoms with Gasteiger partial charge in [0.25, 0.3) is 0 Å². The number of nitrogens with zero attached hydrogens (tertiary/aromatic N) is 1. The zero-order chi connectivity index (χ0) is 15.6. The number of alkyl carbamates (subject to hydrolysis) is 1. The third-order valence-electron chi connectivity index (χ3n) is 3.02. The minimum atomic E-state index is -0.585. The van der Waals surface area contributed by atoms with Gasteiger partial charge in [-0.2, -0.15) is 0 Å². The highest BCUT2D eigenvalue weighted by molar-refractivity contribution is 6.31. The summed E-state index contributed by atoms with van der Waals surface area (Å²) >= 11 is 5.94. The first kappa shape index (κ1) is 15.6. The lowest BCUT2D eigenvalue weighted by atomic mass is 10.2. The molecular weight excluding hydrogens is 292 g/mol. The second-order valence-corrected chi connectivity index (χ2v) is 6.39. The van der Waals surface area contributed by atoms with Crippen LogP contribution in [0.25, 0.3) is 0 Å². The van der Waals surface area contributed by atoms with E-state index in [0.717, 1.165) is 5.69 Å². The van der Waals surface area contributed by atoms with Gasteiger partial charge in [-0.25, -0.2) is 4.79 Å². The van der Waals surface area contributed by atoms with Gasteiger partial charge in [0.15, 0.2) is 0 Å². The van der Waals surface area contributed by atoms with Crippen molar-refractivity contribution in [1.82, 2.24) is 5.32 Å². The van der Waals surface area contributed by atoms with Gasteiger partial charge in [0.2, 0.25) is 5.91 Å². The van der Waals surface area contributed by atoms with Gasteiger partial charge in [0.05, 0.1) is 0 Å². The van der Waals surface area contributed by atoms with Crippen molar-refractivity contribution in [3.05, 3.63) is 29.3 Å². The molecule has 6 heteroatoms. The van der Waals surface area contributed by atoms with Gasteiger partial charge in [0.1, 0.15) is 11.6 Å². The molecule has 1 fully saturated rings. The Balaban J connectivity index is 2.00. The van der Waals surface area contributed by atoms with Crippen molar-refractivity contribution in [2.75, 3.05) is 11.4 Å². The van der Waals surface area contributed by atoms with Crippen LogP contribution >= 0.6 is 11.6 Å². The molecule has 0 aromatic heterocycles. The van der Waals surface area contributed by atoms with Crippen LogP contribution in [0.4, 0.5) is 10.5 Å². The van der Waals surface area contributed by atoms with Gasteiger partial charge >= 0.3 is 6.09 Å². The number of nitrogens with one attached hydrogen (secondary N) is 1. The average Bonchev–Trinajstić information content (AvgIpc) is 2.68. The SMILES string of the molecule is CC(C)(C)OC(=O)N[C@H]1CCN(c2cccc(Cl)c2)C1=O. The standard InChI is InChI=1S/C15H19ClN2O3/c1-15(2,3)21-14(20)17-12-7-8-18(13(12)19)11-6-4-5-10(16)9-11/h4-6,9,12H,7-8H2,1-3H3,(H,17,20)/t12-/m0/s1. The Morgan fingerprint density at radius 3 is 2.76 bits per heavy atom. The van der Waals surface area contributed by atoms with Crippen molar-refractivity contribution < 1.29 is 14.3 Å². The summed E-state index contributed by atoms with van der Waals surface area (Å²) in [7, 11) is 0. The lowest BCUT2D eigenvalue weighted by Gasteiger charge is -2.21. The van der Waals surface area contributed by atoms with E-state index in [2.05, 4.69) is 5.32 Å². The molecule has 0 spiro atoms. The van der Waals surface area contributed by atoms with Crippen LogP contribution < -0.4 is 10.2 Å². The van der Waals surface area contributed by atoms with E-state index in [9.17, 15) is 9.59 Å². The molecular formula is C15H19ClN2O3. The van der Waals surface area contributed by atoms with Crippen molar-refractivity contribution in [3.8, 4) is 0 Å². The number of hydrogen-bond acceptors (Lipinski definition) is 3. The fourth-order valence-electron chi connectivity index (χ4n) is 2.16. The van der Waals surface area contributed by atoms with Crippen LogP contribution in [0.15, 0.2) is 24.3 Å². The Hall–Kier alpha value is -1.75. The maximum atomic E-state index is 12.3. The van der Waals surface area contributed by atoms with Gasteiger partial charge in [-0.05, 0) is 45.4 Å². The second-order valence-electron chi connectivity index (χ2n) is 5.96. The molecule has 0 unspecified atom stereocenters. The zero-order valence-electron chi connectivity index (χ0n) is 12.4. The quantitative estimate of drug-likeness (QED) is 0.913. The minimum absolute atomic E-state index is 0.150. The summed E-state index contributed by atoms with van der Waals surface area (Å²) in [5.74, 6) is -0.150. The van der Waals surface area contributed by atoms with E-state index in [4.69, 9.17) is 16.3 Å². The summed E-state index contributed by atoms with van der Waals surface area (Å²) in [5, 5.41) is 3.19. The molecule has 1 aromatic rings. The van der Waals surface area contributed by atoms with E-state index >= 15 is 0 Å². The molecule has 1 aromatic carbocycles. The molecule has 1 aliphatic heterocycles. The van der Waals surface area contributed by atoms with Crippen LogP contribution in [0.5, 0.6) is 0 Å². The summed E-state index contributed by atoms with van der Waals surface area (Å²) < 4.78 is 5.17. The summed E-state index contributed by atoms with van der Waals surface area (Å²) in [6.07, 6.45) is -0.0290. The fourth-order valence-corrected chi connectivity index (χ4v) is 2.35. The molecule has 1 N–H and O–H groups in total. The topological polar surface area (TPSA) is 58.6 Å². The number of hydrogen-bond donors (Lipinski definition) is 1. The van der Waals surface area contributed by atoms with Crippen molar-refractivity contribution in [1.29, 1.82) is 0 Å². The van der Waals surface area contributed by atoms with Gasteiger partial charge in [-0.1, -0.05) is 17.7 Å². The monoisotopic (exact) mass is 310 g/mol. The second kappa shape index (κ2) is 5.93. The van der Waals surface area contributed by atoms with E-state index in [1.165, 1.54) is 0 Å². The Morgan fingerprint density at radius 2 is 2.14 bits per heavy atom. The van der Waals surface area contributed by atoms with Crippen molar-refractivity contribution >= 4 is 29.3 Å². The molecule has 1 aliphatic rings. The number of halogens is 1. The number of carbonyl (C=O) groups is 2. The number of anilines is 1. The highest BCUT2D eigenvalue weighted by Gasteiger charge is 2.34. The normalized spacial score (nSPS) is 18.8. The highest BCUT2D eigenvalue weighted by atomic mass is 35.5. The van der Waals surface area contributed by atoms with Crippen LogP contribution in [0, 0.1) is 0 Å². The Morgan fingerprint density at radius 1 is 1.43 bits per heavy atom. The molecule has 0 saturated carbocycles. The Labute approximate surface area is 129 Å². The van der Waals surface area contributed by atoms with Gasteiger partial charge in [-0.3, -0.25) is 4.79 Å². The summed E-state index contributed by atoms with van der Waals surface area (Å²) in [5.41, 5.74) is 0.152. The van der Waals surface area contributed by atoms with Gasteiger partial charge in [0, 0.05) is 17.3 Å². The molecule has 1 heterocycles. The van der Waals surface area contributed by atoms with E-state index < -0.39 is 17.7 Å². The van der Waals surface area contributed by atoms with Crippen LogP contribution in [-0.2, 0) is 9.53 Å². The number of carbonyl (C=O) groups excluding carboxylic acids is 2. The number of ether oxygens (including phenoxy) is 1. The van der Waals surface area contributed by atoms with Crippen LogP contribution in [0.3, 0.4) is 0 Å². The molecule has 21 heavy (non-hydrogen) atoms. The molecule has 114 valence electrons. The molecule has 1 atom stereocenters. The maximum absolute atomic E-state index is 12.3. The molecule has 1 saturated heterocycles. The molecule has 0 bridgehead atoms. The summed E-state index contributed by atoms with van der Waals surface area (Å²) in [6, 6.07) is 6.54. The predicted molar refractivity (Wildman–Crippen MR) is 81.6 cm³/mol. The Bertz CT molecular complexity index is 554. The average molecular weight is 311 g/mol. The number of amides is 2. The Kier molecular flexibility index (Phi) is 4.42. The van der Waals surface area contributed by atoms with Crippen molar-refractivity contribution in [2.24, 2.45) is 0 Å². The smallest absolute Gasteiger partial charge is 0.408 e. The van der Waals surface area contributed by atoms with Gasteiger partial charge in [-0.15, -0.1) is 0 Å². The van der Waals surface area contributed by atoms with E-state index in [-0.39, 0.29) is 5.91 Å². The minimum Gasteiger partial charge on any atom is -0.444 e. The summed E-state index contributed by atoms with van der Waals surface area (Å²) in [6.45, 7) is 5.88. The molecule has 0 radical (unpaired) electrons. The number of rotatable bonds is 2. The molecule has 2 amide bonds. The predicted octanol–water partition coefficient (Wildman–Crippen LogP) is 2.97. The maximum Gasteiger partial charge on any atom is 0.408 e. The highest BCUT2D eigenvalue weighted by Crippen LogP contribution is 2.24. The first-order valence-corrected chi connectivity index (χ1v) is 7.20. The van der Waals surface area contributed by atoms with E-state index in [1.807, 2.05) is 6.07 Å². The van der Waals surface area contributed by atoms with E-state index in [1.54, 1.807) is 43.9 Å². The lowest BCUT2D eigenvalue weighted by molar-refractivity contribution is -0.118. The third-order valence-corrected chi connectivity index (χ3v) is 3.25. The number of benzene rings is 1. The first-order chi connectivity index (χ1) is 9.76. The van der Waals surface area contributed by atoms with Crippen molar-refractivity contribution in [2.45, 2.75) is 38.8 Å². The summed E-state index contributed by atoms with van der Waals surface area (Å²) in [4.78, 5) is 25.7. The zero-order valence-corrected chi connectivity index (χ0v) is 13.1.